The highest BCUT2D eigenvalue weighted by atomic mass is 16.5. The van der Waals surface area contributed by atoms with Gasteiger partial charge in [-0.05, 0) is 55.7 Å². The molecule has 2 atom stereocenters. The van der Waals surface area contributed by atoms with Gasteiger partial charge in [-0.1, -0.05) is 12.1 Å². The molecule has 0 bridgehead atoms. The van der Waals surface area contributed by atoms with Crippen molar-refractivity contribution < 1.29 is 33.6 Å². The van der Waals surface area contributed by atoms with Crippen molar-refractivity contribution in [2.45, 2.75) is 31.9 Å². The van der Waals surface area contributed by atoms with Gasteiger partial charge >= 0.3 is 0 Å². The monoisotopic (exact) mass is 467 g/mol. The summed E-state index contributed by atoms with van der Waals surface area (Å²) in [7, 11) is 2.98. The number of amides is 1. The van der Waals surface area contributed by atoms with E-state index < -0.39 is 17.7 Å². The number of hydrogen-bond donors (Lipinski definition) is 1. The summed E-state index contributed by atoms with van der Waals surface area (Å²) in [5.41, 5.74) is 0.954. The molecule has 8 nitrogen and oxygen atoms in total. The van der Waals surface area contributed by atoms with Crippen LogP contribution in [-0.2, 0) is 14.3 Å². The van der Waals surface area contributed by atoms with Gasteiger partial charge in [-0.3, -0.25) is 9.59 Å². The van der Waals surface area contributed by atoms with Crippen LogP contribution in [0, 0.1) is 0 Å². The lowest BCUT2D eigenvalue weighted by Gasteiger charge is -2.27. The van der Waals surface area contributed by atoms with Gasteiger partial charge in [-0.25, -0.2) is 0 Å². The van der Waals surface area contributed by atoms with Crippen molar-refractivity contribution >= 4 is 17.4 Å². The summed E-state index contributed by atoms with van der Waals surface area (Å²) in [5.74, 6) is -0.223. The minimum absolute atomic E-state index is 0.00119. The first-order chi connectivity index (χ1) is 16.5. The third-order valence-corrected chi connectivity index (χ3v) is 6.13. The number of hydrogen-bond acceptors (Lipinski definition) is 7. The molecule has 2 aromatic carbocycles. The molecular weight excluding hydrogens is 438 g/mol. The molecule has 2 aliphatic heterocycles. The fraction of sp³-hybridized carbons (Fsp3) is 0.385. The number of methoxy groups -OCH3 is 2. The quantitative estimate of drug-likeness (QED) is 0.359. The van der Waals surface area contributed by atoms with Crippen LogP contribution in [-0.4, -0.2) is 61.8 Å². The summed E-state index contributed by atoms with van der Waals surface area (Å²) in [6, 6.07) is 11.3. The Bertz CT molecular complexity index is 1090. The van der Waals surface area contributed by atoms with Crippen molar-refractivity contribution in [1.29, 1.82) is 0 Å². The molecule has 2 fully saturated rings. The Morgan fingerprint density at radius 1 is 1.09 bits per heavy atom. The predicted octanol–water partition coefficient (Wildman–Crippen LogP) is 3.70. The van der Waals surface area contributed by atoms with E-state index in [4.69, 9.17) is 18.9 Å². The molecule has 2 heterocycles. The molecule has 1 amide bonds. The molecule has 180 valence electrons. The first kappa shape index (κ1) is 23.6. The molecule has 0 radical (unpaired) electrons. The predicted molar refractivity (Wildman–Crippen MR) is 125 cm³/mol. The molecule has 0 aromatic heterocycles. The van der Waals surface area contributed by atoms with E-state index in [1.807, 2.05) is 6.92 Å². The third kappa shape index (κ3) is 4.46. The molecule has 2 unspecified atom stereocenters. The molecule has 34 heavy (non-hydrogen) atoms. The average molecular weight is 468 g/mol. The third-order valence-electron chi connectivity index (χ3n) is 6.13. The van der Waals surface area contributed by atoms with E-state index in [2.05, 4.69) is 0 Å². The van der Waals surface area contributed by atoms with E-state index in [1.54, 1.807) is 42.5 Å². The Hall–Kier alpha value is -3.52. The van der Waals surface area contributed by atoms with Gasteiger partial charge in [0.05, 0.1) is 44.1 Å². The van der Waals surface area contributed by atoms with E-state index in [0.717, 1.165) is 12.8 Å². The number of carbonyl (C=O) groups is 2. The Labute approximate surface area is 198 Å². The molecule has 0 spiro atoms. The van der Waals surface area contributed by atoms with E-state index in [-0.39, 0.29) is 29.5 Å². The number of rotatable bonds is 8. The maximum atomic E-state index is 13.3. The molecule has 0 aliphatic carbocycles. The zero-order chi connectivity index (χ0) is 24.2. The molecule has 2 saturated heterocycles. The van der Waals surface area contributed by atoms with Crippen LogP contribution in [0.3, 0.4) is 0 Å². The zero-order valence-corrected chi connectivity index (χ0v) is 19.6. The van der Waals surface area contributed by atoms with Crippen LogP contribution in [0.4, 0.5) is 0 Å². The standard InChI is InChI=1S/C26H29NO7/c1-4-33-17-9-7-16(8-10-17)23-22(24(28)20-14-18(31-2)11-12-21(20)32-3)25(29)26(30)27(23)15-19-6-5-13-34-19/h7-12,14,19,23,28H,4-6,13,15H2,1-3H3/b24-22+. The summed E-state index contributed by atoms with van der Waals surface area (Å²) >= 11 is 0. The van der Waals surface area contributed by atoms with Crippen molar-refractivity contribution in [1.82, 2.24) is 4.90 Å². The van der Waals surface area contributed by atoms with Crippen LogP contribution in [0.25, 0.3) is 5.76 Å². The zero-order valence-electron chi connectivity index (χ0n) is 19.6. The highest BCUT2D eigenvalue weighted by Gasteiger charge is 2.47. The second-order valence-electron chi connectivity index (χ2n) is 8.15. The SMILES string of the molecule is CCOc1ccc(C2/C(=C(\O)c3cc(OC)ccc3OC)C(=O)C(=O)N2CC2CCCO2)cc1. The lowest BCUT2D eigenvalue weighted by molar-refractivity contribution is -0.140. The van der Waals surface area contributed by atoms with Crippen LogP contribution in [0.15, 0.2) is 48.0 Å². The van der Waals surface area contributed by atoms with Gasteiger partial charge in [0.1, 0.15) is 23.0 Å². The van der Waals surface area contributed by atoms with Gasteiger partial charge < -0.3 is 29.0 Å². The van der Waals surface area contributed by atoms with Crippen molar-refractivity contribution in [3.8, 4) is 17.2 Å². The molecule has 4 rings (SSSR count). The molecular formula is C26H29NO7. The summed E-state index contributed by atoms with van der Waals surface area (Å²) < 4.78 is 22.0. The van der Waals surface area contributed by atoms with Crippen molar-refractivity contribution in [3.63, 3.8) is 0 Å². The van der Waals surface area contributed by atoms with Crippen molar-refractivity contribution in [2.75, 3.05) is 34.0 Å². The molecule has 2 aromatic rings. The minimum atomic E-state index is -0.782. The molecule has 2 aliphatic rings. The van der Waals surface area contributed by atoms with Gasteiger partial charge in [0, 0.05) is 13.2 Å². The van der Waals surface area contributed by atoms with Gasteiger partial charge in [0.2, 0.25) is 0 Å². The van der Waals surface area contributed by atoms with Gasteiger partial charge in [-0.15, -0.1) is 0 Å². The second-order valence-corrected chi connectivity index (χ2v) is 8.15. The van der Waals surface area contributed by atoms with Crippen molar-refractivity contribution in [3.05, 3.63) is 59.2 Å². The molecule has 8 heteroatoms. The van der Waals surface area contributed by atoms with E-state index in [9.17, 15) is 14.7 Å². The number of ether oxygens (including phenoxy) is 4. The Balaban J connectivity index is 1.84. The van der Waals surface area contributed by atoms with Crippen LogP contribution in [0.5, 0.6) is 17.2 Å². The number of likely N-dealkylation sites (tertiary alicyclic amines) is 1. The van der Waals surface area contributed by atoms with E-state index in [1.165, 1.54) is 19.1 Å². The first-order valence-corrected chi connectivity index (χ1v) is 11.3. The van der Waals surface area contributed by atoms with Gasteiger partial charge in [0.15, 0.2) is 0 Å². The minimum Gasteiger partial charge on any atom is -0.507 e. The topological polar surface area (TPSA) is 94.5 Å². The van der Waals surface area contributed by atoms with Gasteiger partial charge in [0.25, 0.3) is 11.7 Å². The maximum absolute atomic E-state index is 13.3. The normalized spacial score (nSPS) is 21.7. The van der Waals surface area contributed by atoms with Crippen LogP contribution in [0.2, 0.25) is 0 Å². The average Bonchev–Trinajstić information content (AvgIpc) is 3.46. The summed E-state index contributed by atoms with van der Waals surface area (Å²) in [4.78, 5) is 27.9. The summed E-state index contributed by atoms with van der Waals surface area (Å²) in [5, 5.41) is 11.4. The highest BCUT2D eigenvalue weighted by Crippen LogP contribution is 2.42. The lowest BCUT2D eigenvalue weighted by Crippen LogP contribution is -2.36. The van der Waals surface area contributed by atoms with Gasteiger partial charge in [-0.2, -0.15) is 0 Å². The Morgan fingerprint density at radius 3 is 2.44 bits per heavy atom. The summed E-state index contributed by atoms with van der Waals surface area (Å²) in [6.07, 6.45) is 1.56. The lowest BCUT2D eigenvalue weighted by atomic mass is 9.94. The summed E-state index contributed by atoms with van der Waals surface area (Å²) in [6.45, 7) is 3.30. The number of nitrogens with zero attached hydrogens (tertiary/aromatic N) is 1. The van der Waals surface area contributed by atoms with E-state index >= 15 is 0 Å². The van der Waals surface area contributed by atoms with Crippen LogP contribution < -0.4 is 14.2 Å². The fourth-order valence-corrected chi connectivity index (χ4v) is 4.48. The largest absolute Gasteiger partial charge is 0.507 e. The number of benzene rings is 2. The molecule has 0 saturated carbocycles. The fourth-order valence-electron chi connectivity index (χ4n) is 4.48. The Kier molecular flexibility index (Phi) is 7.07. The smallest absolute Gasteiger partial charge is 0.295 e. The Morgan fingerprint density at radius 2 is 1.82 bits per heavy atom. The highest BCUT2D eigenvalue weighted by molar-refractivity contribution is 6.46. The molecule has 1 N–H and O–H groups in total. The number of aliphatic hydroxyl groups is 1. The maximum Gasteiger partial charge on any atom is 0.295 e. The number of Topliss-reactive ketones (excluding diaryl/α,β-unsaturated/α-hetero) is 1. The van der Waals surface area contributed by atoms with Crippen LogP contribution in [0.1, 0.15) is 36.9 Å². The van der Waals surface area contributed by atoms with E-state index in [0.29, 0.717) is 36.0 Å². The first-order valence-electron chi connectivity index (χ1n) is 11.3. The van der Waals surface area contributed by atoms with Crippen LogP contribution >= 0.6 is 0 Å². The number of ketones is 1. The number of aliphatic hydroxyl groups excluding tert-OH is 1. The second kappa shape index (κ2) is 10.2. The number of carbonyl (C=O) groups excluding carboxylic acids is 2. The van der Waals surface area contributed by atoms with Crippen molar-refractivity contribution in [2.24, 2.45) is 0 Å².